The lowest BCUT2D eigenvalue weighted by Gasteiger charge is -2.29. The highest BCUT2D eigenvalue weighted by molar-refractivity contribution is 7.89. The number of benzene rings is 3. The number of sulfonamides is 1. The lowest BCUT2D eigenvalue weighted by atomic mass is 9.98. The summed E-state index contributed by atoms with van der Waals surface area (Å²) in [6.45, 7) is -1.71. The number of nitrogens with one attached hydrogen (secondary N) is 1. The van der Waals surface area contributed by atoms with Crippen LogP contribution in [-0.2, 0) is 42.0 Å². The van der Waals surface area contributed by atoms with Crippen molar-refractivity contribution < 1.29 is 41.0 Å². The fourth-order valence-electron chi connectivity index (χ4n) is 4.23. The molecule has 1 N–H and O–H groups in total. The van der Waals surface area contributed by atoms with E-state index in [-0.39, 0.29) is 31.3 Å². The van der Waals surface area contributed by atoms with Crippen molar-refractivity contribution in [1.29, 1.82) is 0 Å². The largest absolute Gasteiger partial charge is 0.441 e. The molecule has 218 valence electrons. The van der Waals surface area contributed by atoms with Crippen LogP contribution in [0.15, 0.2) is 95.9 Å². The van der Waals surface area contributed by atoms with Crippen LogP contribution in [0.2, 0.25) is 0 Å². The van der Waals surface area contributed by atoms with Crippen LogP contribution in [0.5, 0.6) is 0 Å². The summed E-state index contributed by atoms with van der Waals surface area (Å²) in [5, 5.41) is 2.24. The highest BCUT2D eigenvalue weighted by atomic mass is 32.2. The lowest BCUT2D eigenvalue weighted by molar-refractivity contribution is -0.153. The third-order valence-corrected chi connectivity index (χ3v) is 8.06. The Labute approximate surface area is 237 Å². The number of alkyl carbamates (subject to hydrolysis) is 1. The SMILES string of the molecule is O=C(N[C@@H](Cc1ccccc1)C(=O)C(F)(F)CN(Cc1ccccc1)S(=O)(=O)c1ccccc1)OC1COCOC1. The molecule has 0 radical (unpaired) electrons. The smallest absolute Gasteiger partial charge is 0.408 e. The summed E-state index contributed by atoms with van der Waals surface area (Å²) in [6, 6.07) is 21.9. The van der Waals surface area contributed by atoms with Gasteiger partial charge in [-0.05, 0) is 23.3 Å². The number of carbonyl (C=O) groups excluding carboxylic acids is 2. The molecule has 3 aromatic rings. The van der Waals surface area contributed by atoms with Crippen molar-refractivity contribution in [2.45, 2.75) is 35.9 Å². The molecule has 0 aromatic heterocycles. The van der Waals surface area contributed by atoms with Crippen LogP contribution < -0.4 is 5.32 Å². The standard InChI is InChI=1S/C29H30F2N2O7S/c30-29(31,20-33(17-23-12-6-2-7-13-23)41(36,37)25-14-8-3-9-15-25)27(34)26(16-22-10-4-1-5-11-22)32-28(35)40-24-18-38-21-39-19-24/h1-15,24,26H,16-21H2,(H,32,35)/t26-/m0/s1. The maximum atomic E-state index is 15.8. The highest BCUT2D eigenvalue weighted by Gasteiger charge is 2.47. The van der Waals surface area contributed by atoms with E-state index in [9.17, 15) is 18.0 Å². The normalized spacial score (nSPS) is 15.3. The van der Waals surface area contributed by atoms with Crippen molar-refractivity contribution in [3.05, 3.63) is 102 Å². The van der Waals surface area contributed by atoms with E-state index in [1.165, 1.54) is 24.3 Å². The summed E-state index contributed by atoms with van der Waals surface area (Å²) in [5.74, 6) is -5.84. The number of ether oxygens (including phenoxy) is 3. The average Bonchev–Trinajstić information content (AvgIpc) is 2.98. The maximum absolute atomic E-state index is 15.8. The second-order valence-electron chi connectivity index (χ2n) is 9.41. The van der Waals surface area contributed by atoms with Gasteiger partial charge in [0.05, 0.1) is 24.7 Å². The quantitative estimate of drug-likeness (QED) is 0.343. The molecule has 0 bridgehead atoms. The molecule has 9 nitrogen and oxygen atoms in total. The molecular formula is C29H30F2N2O7S. The van der Waals surface area contributed by atoms with Gasteiger partial charge in [-0.3, -0.25) is 4.79 Å². The first-order valence-electron chi connectivity index (χ1n) is 12.8. The van der Waals surface area contributed by atoms with Crippen LogP contribution >= 0.6 is 0 Å². The van der Waals surface area contributed by atoms with Crippen molar-refractivity contribution in [1.82, 2.24) is 9.62 Å². The van der Waals surface area contributed by atoms with Crippen molar-refractivity contribution >= 4 is 21.9 Å². The summed E-state index contributed by atoms with van der Waals surface area (Å²) < 4.78 is 74.4. The van der Waals surface area contributed by atoms with E-state index in [0.29, 0.717) is 15.4 Å². The van der Waals surface area contributed by atoms with E-state index in [1.54, 1.807) is 66.7 Å². The summed E-state index contributed by atoms with van der Waals surface area (Å²) in [7, 11) is -4.43. The van der Waals surface area contributed by atoms with E-state index in [1.807, 2.05) is 0 Å². The number of halogens is 2. The van der Waals surface area contributed by atoms with Gasteiger partial charge in [-0.2, -0.15) is 13.1 Å². The number of ketones is 1. The fourth-order valence-corrected chi connectivity index (χ4v) is 5.68. The second-order valence-corrected chi connectivity index (χ2v) is 11.4. The van der Waals surface area contributed by atoms with Gasteiger partial charge in [-0.15, -0.1) is 0 Å². The molecule has 12 heteroatoms. The molecule has 1 atom stereocenters. The molecule has 1 fully saturated rings. The molecule has 0 saturated carbocycles. The number of carbonyl (C=O) groups is 2. The van der Waals surface area contributed by atoms with Crippen LogP contribution in [-0.4, -0.2) is 69.2 Å². The first kappa shape index (κ1) is 30.3. The van der Waals surface area contributed by atoms with Crippen LogP contribution in [0, 0.1) is 0 Å². The van der Waals surface area contributed by atoms with Crippen LogP contribution in [0.3, 0.4) is 0 Å². The molecule has 1 saturated heterocycles. The zero-order valence-corrected chi connectivity index (χ0v) is 22.8. The zero-order valence-electron chi connectivity index (χ0n) is 22.0. The fraction of sp³-hybridized carbons (Fsp3) is 0.310. The number of nitrogens with zero attached hydrogens (tertiary/aromatic N) is 1. The minimum atomic E-state index is -4.43. The number of alkyl halides is 2. The Balaban J connectivity index is 1.59. The van der Waals surface area contributed by atoms with Gasteiger partial charge in [0.1, 0.15) is 12.8 Å². The van der Waals surface area contributed by atoms with Crippen molar-refractivity contribution in [2.75, 3.05) is 26.6 Å². The van der Waals surface area contributed by atoms with Gasteiger partial charge in [-0.1, -0.05) is 78.9 Å². The predicted molar refractivity (Wildman–Crippen MR) is 145 cm³/mol. The summed E-state index contributed by atoms with van der Waals surface area (Å²) in [6.07, 6.45) is -2.16. The molecule has 41 heavy (non-hydrogen) atoms. The monoisotopic (exact) mass is 588 g/mol. The van der Waals surface area contributed by atoms with Crippen LogP contribution in [0.25, 0.3) is 0 Å². The molecule has 0 aliphatic carbocycles. The van der Waals surface area contributed by atoms with Gasteiger partial charge in [0.25, 0.3) is 0 Å². The zero-order chi connectivity index (χ0) is 29.3. The molecule has 0 spiro atoms. The highest BCUT2D eigenvalue weighted by Crippen LogP contribution is 2.26. The number of rotatable bonds is 12. The Morgan fingerprint density at radius 3 is 2.02 bits per heavy atom. The van der Waals surface area contributed by atoms with Gasteiger partial charge >= 0.3 is 12.0 Å². The van der Waals surface area contributed by atoms with Gasteiger partial charge in [0, 0.05) is 13.0 Å². The molecule has 4 rings (SSSR count). The van der Waals surface area contributed by atoms with Crippen LogP contribution in [0.4, 0.5) is 13.6 Å². The summed E-state index contributed by atoms with van der Waals surface area (Å²) in [5.41, 5.74) is 0.957. The van der Waals surface area contributed by atoms with Crippen LogP contribution in [0.1, 0.15) is 11.1 Å². The molecule has 3 aromatic carbocycles. The van der Waals surface area contributed by atoms with E-state index in [2.05, 4.69) is 5.32 Å². The van der Waals surface area contributed by atoms with Crippen molar-refractivity contribution in [3.63, 3.8) is 0 Å². The number of amides is 1. The lowest BCUT2D eigenvalue weighted by Crippen LogP contribution is -2.54. The Hall–Kier alpha value is -3.71. The minimum absolute atomic E-state index is 0.0359. The van der Waals surface area contributed by atoms with Gasteiger partial charge < -0.3 is 19.5 Å². The number of hydrogen-bond acceptors (Lipinski definition) is 7. The van der Waals surface area contributed by atoms with Gasteiger partial charge in [-0.25, -0.2) is 13.2 Å². The second kappa shape index (κ2) is 13.8. The molecule has 1 heterocycles. The predicted octanol–water partition coefficient (Wildman–Crippen LogP) is 3.79. The molecule has 0 unspecified atom stereocenters. The maximum Gasteiger partial charge on any atom is 0.408 e. The first-order chi connectivity index (χ1) is 19.6. The van der Waals surface area contributed by atoms with E-state index in [0.717, 1.165) is 0 Å². The first-order valence-corrected chi connectivity index (χ1v) is 14.3. The topological polar surface area (TPSA) is 111 Å². The van der Waals surface area contributed by atoms with Crippen molar-refractivity contribution in [2.24, 2.45) is 0 Å². The summed E-state index contributed by atoms with van der Waals surface area (Å²) >= 11 is 0. The number of Topliss-reactive ketones (excluding diaryl/α,β-unsaturated/α-hetero) is 1. The van der Waals surface area contributed by atoms with E-state index < -0.39 is 53.1 Å². The Morgan fingerprint density at radius 2 is 1.44 bits per heavy atom. The van der Waals surface area contributed by atoms with Gasteiger partial charge in [0.15, 0.2) is 6.10 Å². The van der Waals surface area contributed by atoms with E-state index in [4.69, 9.17) is 14.2 Å². The minimum Gasteiger partial charge on any atom is -0.441 e. The molecule has 1 amide bonds. The third kappa shape index (κ3) is 8.40. The third-order valence-electron chi connectivity index (χ3n) is 6.26. The molecule has 1 aliphatic heterocycles. The Morgan fingerprint density at radius 1 is 0.902 bits per heavy atom. The molecule has 1 aliphatic rings. The van der Waals surface area contributed by atoms with E-state index >= 15 is 8.78 Å². The molecular weight excluding hydrogens is 558 g/mol. The Bertz CT molecular complexity index is 1390. The summed E-state index contributed by atoms with van der Waals surface area (Å²) in [4.78, 5) is 25.8. The van der Waals surface area contributed by atoms with Gasteiger partial charge in [0.2, 0.25) is 15.8 Å². The average molecular weight is 589 g/mol. The Kier molecular flexibility index (Phi) is 10.2. The number of hydrogen-bond donors (Lipinski definition) is 1. The van der Waals surface area contributed by atoms with Crippen molar-refractivity contribution in [3.8, 4) is 0 Å².